The lowest BCUT2D eigenvalue weighted by Crippen LogP contribution is -2.37. The van der Waals surface area contributed by atoms with E-state index in [9.17, 15) is 8.42 Å². The maximum absolute atomic E-state index is 12.5. The number of nitrogens with zero attached hydrogens (tertiary/aromatic N) is 3. The van der Waals surface area contributed by atoms with Gasteiger partial charge in [-0.05, 0) is 32.1 Å². The molecule has 114 valence electrons. The van der Waals surface area contributed by atoms with E-state index < -0.39 is 10.0 Å². The summed E-state index contributed by atoms with van der Waals surface area (Å²) < 4.78 is 26.6. The fourth-order valence-electron chi connectivity index (χ4n) is 1.73. The summed E-state index contributed by atoms with van der Waals surface area (Å²) in [6, 6.07) is 3.23. The van der Waals surface area contributed by atoms with Gasteiger partial charge in [-0.1, -0.05) is 13.0 Å². The van der Waals surface area contributed by atoms with E-state index in [0.717, 1.165) is 12.0 Å². The summed E-state index contributed by atoms with van der Waals surface area (Å²) in [4.78, 5) is 5.99. The third kappa shape index (κ3) is 4.52. The first-order valence-electron chi connectivity index (χ1n) is 6.71. The second-order valence-electron chi connectivity index (χ2n) is 4.92. The average molecular weight is 300 g/mol. The summed E-state index contributed by atoms with van der Waals surface area (Å²) in [7, 11) is 0.314. The minimum Gasteiger partial charge on any atom is -0.326 e. The van der Waals surface area contributed by atoms with E-state index in [-0.39, 0.29) is 5.03 Å². The summed E-state index contributed by atoms with van der Waals surface area (Å²) in [5.41, 5.74) is 6.31. The van der Waals surface area contributed by atoms with Crippen LogP contribution in [-0.2, 0) is 16.6 Å². The molecule has 0 atom stereocenters. The minimum absolute atomic E-state index is 0.0851. The number of likely N-dealkylation sites (N-methyl/N-ethyl adjacent to an activating group) is 1. The first kappa shape index (κ1) is 17.0. The number of sulfonamides is 1. The van der Waals surface area contributed by atoms with Crippen molar-refractivity contribution in [3.63, 3.8) is 0 Å². The molecule has 0 spiro atoms. The molecule has 0 unspecified atom stereocenters. The van der Waals surface area contributed by atoms with E-state index in [1.54, 1.807) is 6.07 Å². The van der Waals surface area contributed by atoms with E-state index in [1.807, 2.05) is 25.9 Å². The molecule has 0 saturated carbocycles. The van der Waals surface area contributed by atoms with Crippen molar-refractivity contribution in [3.8, 4) is 0 Å². The molecule has 0 aliphatic rings. The van der Waals surface area contributed by atoms with E-state index in [2.05, 4.69) is 4.98 Å². The monoisotopic (exact) mass is 300 g/mol. The molecule has 0 amide bonds. The van der Waals surface area contributed by atoms with Gasteiger partial charge in [0.1, 0.15) is 0 Å². The highest BCUT2D eigenvalue weighted by Gasteiger charge is 2.24. The number of nitrogens with two attached hydrogens (primary N) is 1. The summed E-state index contributed by atoms with van der Waals surface area (Å²) in [6.45, 7) is 3.95. The van der Waals surface area contributed by atoms with Crippen LogP contribution in [0.3, 0.4) is 0 Å². The number of hydrogen-bond acceptors (Lipinski definition) is 5. The van der Waals surface area contributed by atoms with Gasteiger partial charge >= 0.3 is 0 Å². The maximum Gasteiger partial charge on any atom is 0.260 e. The molecule has 0 fully saturated rings. The topological polar surface area (TPSA) is 79.5 Å². The van der Waals surface area contributed by atoms with E-state index in [1.165, 1.54) is 16.6 Å². The highest BCUT2D eigenvalue weighted by molar-refractivity contribution is 7.89. The molecule has 1 heterocycles. The van der Waals surface area contributed by atoms with Crippen LogP contribution in [0, 0.1) is 0 Å². The van der Waals surface area contributed by atoms with Gasteiger partial charge in [-0.3, -0.25) is 0 Å². The SMILES string of the molecule is CCCN(CCN(C)C)S(=O)(=O)c1ccc(CN)cn1. The predicted octanol–water partition coefficient (Wildman–Crippen LogP) is 0.503. The fourth-order valence-corrected chi connectivity index (χ4v) is 3.17. The molecular formula is C13H24N4O2S. The Hall–Kier alpha value is -1.02. The van der Waals surface area contributed by atoms with E-state index in [4.69, 9.17) is 5.73 Å². The van der Waals surface area contributed by atoms with Gasteiger partial charge in [0, 0.05) is 32.4 Å². The van der Waals surface area contributed by atoms with Crippen LogP contribution in [0.2, 0.25) is 0 Å². The second kappa shape index (κ2) is 7.68. The number of hydrogen-bond donors (Lipinski definition) is 1. The van der Waals surface area contributed by atoms with Crippen molar-refractivity contribution >= 4 is 10.0 Å². The van der Waals surface area contributed by atoms with Crippen LogP contribution in [0.25, 0.3) is 0 Å². The molecule has 6 nitrogen and oxygen atoms in total. The molecule has 1 aromatic rings. The Labute approximate surface area is 121 Å². The van der Waals surface area contributed by atoms with E-state index in [0.29, 0.717) is 26.2 Å². The molecule has 0 radical (unpaired) electrons. The van der Waals surface area contributed by atoms with Crippen LogP contribution in [0.4, 0.5) is 0 Å². The highest BCUT2D eigenvalue weighted by Crippen LogP contribution is 2.14. The maximum atomic E-state index is 12.5. The van der Waals surface area contributed by atoms with Gasteiger partial charge < -0.3 is 10.6 Å². The van der Waals surface area contributed by atoms with Gasteiger partial charge in [0.15, 0.2) is 5.03 Å². The molecule has 20 heavy (non-hydrogen) atoms. The quantitative estimate of drug-likeness (QED) is 0.756. The van der Waals surface area contributed by atoms with E-state index >= 15 is 0 Å². The van der Waals surface area contributed by atoms with Gasteiger partial charge in [0.05, 0.1) is 0 Å². The zero-order chi connectivity index (χ0) is 15.2. The average Bonchev–Trinajstić information content (AvgIpc) is 2.43. The van der Waals surface area contributed by atoms with Gasteiger partial charge in [0.25, 0.3) is 10.0 Å². The Morgan fingerprint density at radius 1 is 1.20 bits per heavy atom. The van der Waals surface area contributed by atoms with Gasteiger partial charge in [-0.15, -0.1) is 0 Å². The first-order valence-corrected chi connectivity index (χ1v) is 8.15. The van der Waals surface area contributed by atoms with Gasteiger partial charge in [-0.2, -0.15) is 4.31 Å². The lowest BCUT2D eigenvalue weighted by atomic mass is 10.3. The number of rotatable bonds is 8. The lowest BCUT2D eigenvalue weighted by molar-refractivity contribution is 0.332. The number of aromatic nitrogens is 1. The van der Waals surface area contributed by atoms with Crippen molar-refractivity contribution in [2.24, 2.45) is 5.73 Å². The summed E-state index contributed by atoms with van der Waals surface area (Å²) >= 11 is 0. The highest BCUT2D eigenvalue weighted by atomic mass is 32.2. The van der Waals surface area contributed by atoms with Gasteiger partial charge in [0.2, 0.25) is 0 Å². The zero-order valence-corrected chi connectivity index (χ0v) is 13.2. The van der Waals surface area contributed by atoms with Crippen molar-refractivity contribution in [2.75, 3.05) is 33.7 Å². The molecule has 0 aliphatic carbocycles. The normalized spacial score (nSPS) is 12.3. The minimum atomic E-state index is -3.53. The molecule has 1 rings (SSSR count). The molecule has 0 aromatic carbocycles. The van der Waals surface area contributed by atoms with Crippen LogP contribution >= 0.6 is 0 Å². The molecule has 0 bridgehead atoms. The summed E-state index contributed by atoms with van der Waals surface area (Å²) in [5.74, 6) is 0. The van der Waals surface area contributed by atoms with Crippen LogP contribution in [-0.4, -0.2) is 56.3 Å². The number of pyridine rings is 1. The van der Waals surface area contributed by atoms with Crippen molar-refractivity contribution < 1.29 is 8.42 Å². The van der Waals surface area contributed by atoms with Crippen molar-refractivity contribution in [1.29, 1.82) is 0 Å². The van der Waals surface area contributed by atoms with Crippen LogP contribution in [0.15, 0.2) is 23.4 Å². The third-order valence-corrected chi connectivity index (χ3v) is 4.72. The van der Waals surface area contributed by atoms with Crippen molar-refractivity contribution in [1.82, 2.24) is 14.2 Å². The molecule has 0 saturated heterocycles. The standard InChI is InChI=1S/C13H24N4O2S/c1-4-7-17(9-8-16(2)3)20(18,19)13-6-5-12(10-14)11-15-13/h5-6,11H,4,7-10,14H2,1-3H3. The van der Waals surface area contributed by atoms with Crippen LogP contribution < -0.4 is 5.73 Å². The Bertz CT molecular complexity index is 500. The fraction of sp³-hybridized carbons (Fsp3) is 0.615. The largest absolute Gasteiger partial charge is 0.326 e. The van der Waals surface area contributed by atoms with Crippen molar-refractivity contribution in [2.45, 2.75) is 24.9 Å². The van der Waals surface area contributed by atoms with Crippen LogP contribution in [0.5, 0.6) is 0 Å². The molecule has 0 aliphatic heterocycles. The Balaban J connectivity index is 2.95. The van der Waals surface area contributed by atoms with Crippen LogP contribution in [0.1, 0.15) is 18.9 Å². The first-order chi connectivity index (χ1) is 9.41. The third-order valence-electron chi connectivity index (χ3n) is 2.91. The smallest absolute Gasteiger partial charge is 0.260 e. The predicted molar refractivity (Wildman–Crippen MR) is 79.7 cm³/mol. The summed E-state index contributed by atoms with van der Waals surface area (Å²) in [6.07, 6.45) is 2.29. The Morgan fingerprint density at radius 2 is 1.90 bits per heavy atom. The lowest BCUT2D eigenvalue weighted by Gasteiger charge is -2.22. The molecular weight excluding hydrogens is 276 g/mol. The molecule has 1 aromatic heterocycles. The zero-order valence-electron chi connectivity index (χ0n) is 12.4. The molecule has 2 N–H and O–H groups in total. The van der Waals surface area contributed by atoms with Crippen molar-refractivity contribution in [3.05, 3.63) is 23.9 Å². The molecule has 7 heteroatoms. The Kier molecular flexibility index (Phi) is 6.54. The Morgan fingerprint density at radius 3 is 2.35 bits per heavy atom. The van der Waals surface area contributed by atoms with Gasteiger partial charge in [-0.25, -0.2) is 13.4 Å². The second-order valence-corrected chi connectivity index (χ2v) is 6.80. The summed E-state index contributed by atoms with van der Waals surface area (Å²) in [5, 5.41) is 0.0851.